The Bertz CT molecular complexity index is 367. The van der Waals surface area contributed by atoms with Crippen molar-refractivity contribution < 1.29 is 13.2 Å². The molecular weight excluding hydrogens is 195 g/mol. The molecule has 0 bridgehead atoms. The maximum absolute atomic E-state index is 12.1. The SMILES string of the molecule is N#Cc1cncc([C@@H](N)C(F)(F)F)c1. The zero-order chi connectivity index (χ0) is 10.8. The van der Waals surface area contributed by atoms with Gasteiger partial charge < -0.3 is 5.73 Å². The number of alkyl halides is 3. The summed E-state index contributed by atoms with van der Waals surface area (Å²) < 4.78 is 36.4. The van der Waals surface area contributed by atoms with Crippen molar-refractivity contribution in [2.24, 2.45) is 5.73 Å². The number of nitrogens with two attached hydrogens (primary N) is 1. The number of aromatic nitrogens is 1. The maximum Gasteiger partial charge on any atom is 0.407 e. The summed E-state index contributed by atoms with van der Waals surface area (Å²) in [6, 6.07) is 0.669. The lowest BCUT2D eigenvalue weighted by molar-refractivity contribution is -0.149. The van der Waals surface area contributed by atoms with Gasteiger partial charge in [0.1, 0.15) is 12.1 Å². The van der Waals surface area contributed by atoms with Crippen LogP contribution in [0.5, 0.6) is 0 Å². The Labute approximate surface area is 78.0 Å². The molecule has 1 atom stereocenters. The predicted molar refractivity (Wildman–Crippen MR) is 41.9 cm³/mol. The molecule has 2 N–H and O–H groups in total. The number of halogens is 3. The van der Waals surface area contributed by atoms with E-state index in [4.69, 9.17) is 11.0 Å². The molecule has 0 radical (unpaired) electrons. The Morgan fingerprint density at radius 1 is 1.43 bits per heavy atom. The van der Waals surface area contributed by atoms with Crippen LogP contribution in [0.2, 0.25) is 0 Å². The van der Waals surface area contributed by atoms with Gasteiger partial charge in [0, 0.05) is 12.4 Å². The molecule has 1 aromatic rings. The third kappa shape index (κ3) is 2.20. The van der Waals surface area contributed by atoms with E-state index < -0.39 is 12.2 Å². The van der Waals surface area contributed by atoms with Crippen LogP contribution < -0.4 is 5.73 Å². The fourth-order valence-corrected chi connectivity index (χ4v) is 0.878. The first-order valence-corrected chi connectivity index (χ1v) is 3.62. The first-order chi connectivity index (χ1) is 6.45. The molecule has 0 saturated carbocycles. The minimum atomic E-state index is -4.52. The van der Waals surface area contributed by atoms with Crippen LogP contribution in [0.25, 0.3) is 0 Å². The first kappa shape index (κ1) is 10.5. The molecule has 6 heteroatoms. The lowest BCUT2D eigenvalue weighted by Gasteiger charge is -2.15. The van der Waals surface area contributed by atoms with Crippen LogP contribution in [0, 0.1) is 11.3 Å². The van der Waals surface area contributed by atoms with Crippen LogP contribution in [-0.4, -0.2) is 11.2 Å². The van der Waals surface area contributed by atoms with Crippen molar-refractivity contribution >= 4 is 0 Å². The summed E-state index contributed by atoms with van der Waals surface area (Å²) in [6.07, 6.45) is -2.35. The van der Waals surface area contributed by atoms with Gasteiger partial charge in [0.05, 0.1) is 5.56 Å². The third-order valence-corrected chi connectivity index (χ3v) is 1.60. The average Bonchev–Trinajstić information content (AvgIpc) is 2.15. The smallest absolute Gasteiger partial charge is 0.316 e. The molecule has 3 nitrogen and oxygen atoms in total. The van der Waals surface area contributed by atoms with Crippen molar-refractivity contribution in [2.75, 3.05) is 0 Å². The second-order valence-electron chi connectivity index (χ2n) is 2.64. The molecule has 0 spiro atoms. The molecule has 0 fully saturated rings. The molecular formula is C8H6F3N3. The van der Waals surface area contributed by atoms with Gasteiger partial charge in [0.25, 0.3) is 0 Å². The second kappa shape index (κ2) is 3.64. The lowest BCUT2D eigenvalue weighted by Crippen LogP contribution is -2.28. The quantitative estimate of drug-likeness (QED) is 0.749. The van der Waals surface area contributed by atoms with Gasteiger partial charge in [-0.3, -0.25) is 4.98 Å². The van der Waals surface area contributed by atoms with Crippen LogP contribution in [-0.2, 0) is 0 Å². The molecule has 1 aromatic heterocycles. The topological polar surface area (TPSA) is 62.7 Å². The largest absolute Gasteiger partial charge is 0.407 e. The third-order valence-electron chi connectivity index (χ3n) is 1.60. The van der Waals surface area contributed by atoms with Crippen molar-refractivity contribution in [1.82, 2.24) is 4.98 Å². The molecule has 0 amide bonds. The number of hydrogen-bond acceptors (Lipinski definition) is 3. The van der Waals surface area contributed by atoms with Crippen LogP contribution >= 0.6 is 0 Å². The summed E-state index contributed by atoms with van der Waals surface area (Å²) in [4.78, 5) is 3.49. The standard InChI is InChI=1S/C8H6F3N3/c9-8(10,11)7(13)6-1-5(2-12)3-14-4-6/h1,3-4,7H,13H2/t7-/m1/s1. The fourth-order valence-electron chi connectivity index (χ4n) is 0.878. The number of rotatable bonds is 1. The van der Waals surface area contributed by atoms with Gasteiger partial charge in [-0.1, -0.05) is 0 Å². The van der Waals surface area contributed by atoms with Crippen molar-refractivity contribution in [3.8, 4) is 6.07 Å². The van der Waals surface area contributed by atoms with Crippen molar-refractivity contribution in [3.05, 3.63) is 29.6 Å². The number of hydrogen-bond donors (Lipinski definition) is 1. The zero-order valence-electron chi connectivity index (χ0n) is 6.92. The Morgan fingerprint density at radius 3 is 2.57 bits per heavy atom. The van der Waals surface area contributed by atoms with Gasteiger partial charge in [-0.15, -0.1) is 0 Å². The second-order valence-corrected chi connectivity index (χ2v) is 2.64. The Morgan fingerprint density at radius 2 is 2.07 bits per heavy atom. The zero-order valence-corrected chi connectivity index (χ0v) is 6.92. The van der Waals surface area contributed by atoms with Gasteiger partial charge in [0.15, 0.2) is 0 Å². The monoisotopic (exact) mass is 201 g/mol. The molecule has 74 valence electrons. The van der Waals surface area contributed by atoms with Crippen LogP contribution in [0.15, 0.2) is 18.5 Å². The van der Waals surface area contributed by atoms with E-state index in [1.807, 2.05) is 0 Å². The van der Waals surface area contributed by atoms with Crippen molar-refractivity contribution in [3.63, 3.8) is 0 Å². The van der Waals surface area contributed by atoms with Gasteiger partial charge in [-0.2, -0.15) is 18.4 Å². The molecule has 0 saturated heterocycles. The van der Waals surface area contributed by atoms with E-state index >= 15 is 0 Å². The summed E-state index contributed by atoms with van der Waals surface area (Å²) in [5.74, 6) is 0. The predicted octanol–water partition coefficient (Wildman–Crippen LogP) is 1.52. The summed E-state index contributed by atoms with van der Waals surface area (Å²) in [7, 11) is 0. The Kier molecular flexibility index (Phi) is 2.72. The van der Waals surface area contributed by atoms with E-state index in [-0.39, 0.29) is 11.1 Å². The molecule has 14 heavy (non-hydrogen) atoms. The first-order valence-electron chi connectivity index (χ1n) is 3.62. The van der Waals surface area contributed by atoms with E-state index in [9.17, 15) is 13.2 Å². The molecule has 0 aliphatic carbocycles. The van der Waals surface area contributed by atoms with E-state index in [0.717, 1.165) is 12.3 Å². The van der Waals surface area contributed by atoms with Gasteiger partial charge >= 0.3 is 6.18 Å². The highest BCUT2D eigenvalue weighted by molar-refractivity contribution is 5.30. The highest BCUT2D eigenvalue weighted by Crippen LogP contribution is 2.30. The van der Waals surface area contributed by atoms with E-state index in [1.54, 1.807) is 6.07 Å². The van der Waals surface area contributed by atoms with Crippen LogP contribution in [0.1, 0.15) is 17.2 Å². The number of pyridine rings is 1. The van der Waals surface area contributed by atoms with E-state index in [0.29, 0.717) is 0 Å². The molecule has 1 heterocycles. The van der Waals surface area contributed by atoms with Crippen LogP contribution in [0.3, 0.4) is 0 Å². The Hall–Kier alpha value is -1.61. The van der Waals surface area contributed by atoms with E-state index in [1.165, 1.54) is 6.20 Å². The molecule has 1 rings (SSSR count). The normalized spacial score (nSPS) is 13.4. The summed E-state index contributed by atoms with van der Waals surface area (Å²) in [5, 5.41) is 8.43. The molecule has 0 unspecified atom stereocenters. The summed E-state index contributed by atoms with van der Waals surface area (Å²) in [5.41, 5.74) is 4.77. The van der Waals surface area contributed by atoms with Crippen molar-refractivity contribution in [1.29, 1.82) is 5.26 Å². The summed E-state index contributed by atoms with van der Waals surface area (Å²) in [6.45, 7) is 0. The number of nitriles is 1. The maximum atomic E-state index is 12.1. The van der Waals surface area contributed by atoms with Gasteiger partial charge in [-0.25, -0.2) is 0 Å². The lowest BCUT2D eigenvalue weighted by atomic mass is 10.1. The molecule has 0 aliphatic rings. The van der Waals surface area contributed by atoms with Gasteiger partial charge in [-0.05, 0) is 11.6 Å². The molecule has 0 aromatic carbocycles. The number of nitrogens with zero attached hydrogens (tertiary/aromatic N) is 2. The van der Waals surface area contributed by atoms with E-state index in [2.05, 4.69) is 4.98 Å². The van der Waals surface area contributed by atoms with Crippen molar-refractivity contribution in [2.45, 2.75) is 12.2 Å². The minimum absolute atomic E-state index is 0.0576. The molecule has 0 aliphatic heterocycles. The summed E-state index contributed by atoms with van der Waals surface area (Å²) >= 11 is 0. The average molecular weight is 201 g/mol. The van der Waals surface area contributed by atoms with Crippen LogP contribution in [0.4, 0.5) is 13.2 Å². The fraction of sp³-hybridized carbons (Fsp3) is 0.250. The minimum Gasteiger partial charge on any atom is -0.316 e. The highest BCUT2D eigenvalue weighted by Gasteiger charge is 2.38. The van der Waals surface area contributed by atoms with Gasteiger partial charge in [0.2, 0.25) is 0 Å². The highest BCUT2D eigenvalue weighted by atomic mass is 19.4. The Balaban J connectivity index is 3.03.